The van der Waals surface area contributed by atoms with E-state index < -0.39 is 0 Å². The van der Waals surface area contributed by atoms with E-state index in [9.17, 15) is 4.79 Å². The average Bonchev–Trinajstić information content (AvgIpc) is 3.40. The van der Waals surface area contributed by atoms with Crippen molar-refractivity contribution in [2.75, 3.05) is 0 Å². The summed E-state index contributed by atoms with van der Waals surface area (Å²) in [5, 5.41) is 1.01. The third kappa shape index (κ3) is 3.23. The van der Waals surface area contributed by atoms with Crippen LogP contribution in [0, 0.1) is 6.92 Å². The van der Waals surface area contributed by atoms with Crippen molar-refractivity contribution in [3.8, 4) is 11.1 Å². The second-order valence-electron chi connectivity index (χ2n) is 5.96. The fourth-order valence-electron chi connectivity index (χ4n) is 2.95. The number of rotatable bonds is 2. The monoisotopic (exact) mass is 321 g/mol. The fraction of sp³-hybridized carbons (Fsp3) is 0.200. The molecule has 0 atom stereocenters. The van der Waals surface area contributed by atoms with E-state index in [1.807, 2.05) is 18.2 Å². The van der Waals surface area contributed by atoms with Gasteiger partial charge in [0.25, 0.3) is 0 Å². The second kappa shape index (κ2) is 6.71. The largest absolute Gasteiger partial charge is 0.423 e. The number of amides is 1. The van der Waals surface area contributed by atoms with Crippen LogP contribution in [-0.2, 0) is 4.79 Å². The highest BCUT2D eigenvalue weighted by atomic mass is 16.4. The van der Waals surface area contributed by atoms with Crippen LogP contribution in [0.2, 0.25) is 0 Å². The molecule has 1 amide bonds. The van der Waals surface area contributed by atoms with Crippen molar-refractivity contribution in [3.05, 3.63) is 70.1 Å². The van der Waals surface area contributed by atoms with Gasteiger partial charge >= 0.3 is 5.63 Å². The molecule has 1 aliphatic carbocycles. The normalized spacial score (nSPS) is 13.2. The van der Waals surface area contributed by atoms with Gasteiger partial charge in [0, 0.05) is 17.0 Å². The molecule has 1 fully saturated rings. The topological polar surface area (TPSA) is 73.3 Å². The molecular weight excluding hydrogens is 302 g/mol. The first-order valence-corrected chi connectivity index (χ1v) is 7.93. The molecule has 1 saturated carbocycles. The van der Waals surface area contributed by atoms with Crippen LogP contribution in [-0.4, -0.2) is 6.41 Å². The smallest absolute Gasteiger partial charge is 0.336 e. The van der Waals surface area contributed by atoms with E-state index in [4.69, 9.17) is 9.21 Å². The molecule has 0 radical (unpaired) electrons. The second-order valence-corrected chi connectivity index (χ2v) is 5.96. The van der Waals surface area contributed by atoms with Crippen molar-refractivity contribution in [1.29, 1.82) is 0 Å². The molecule has 24 heavy (non-hydrogen) atoms. The maximum absolute atomic E-state index is 11.9. The van der Waals surface area contributed by atoms with Crippen LogP contribution in [0.25, 0.3) is 22.1 Å². The predicted molar refractivity (Wildman–Crippen MR) is 94.9 cm³/mol. The number of aryl methyl sites for hydroxylation is 1. The van der Waals surface area contributed by atoms with Gasteiger partial charge in [-0.1, -0.05) is 36.4 Å². The summed E-state index contributed by atoms with van der Waals surface area (Å²) in [7, 11) is 0. The zero-order valence-electron chi connectivity index (χ0n) is 13.5. The molecule has 4 rings (SSSR count). The van der Waals surface area contributed by atoms with Crippen LogP contribution < -0.4 is 11.4 Å². The number of hydrogen-bond acceptors (Lipinski definition) is 3. The lowest BCUT2D eigenvalue weighted by Gasteiger charge is -2.09. The number of primary amides is 1. The Morgan fingerprint density at radius 3 is 2.46 bits per heavy atom. The van der Waals surface area contributed by atoms with E-state index in [2.05, 4.69) is 36.9 Å². The SMILES string of the molecule is Cc1ccccc1-c1cc(=O)oc2cc(C3CC3)ccc12.NC=O. The summed E-state index contributed by atoms with van der Waals surface area (Å²) in [5.74, 6) is 0.654. The van der Waals surface area contributed by atoms with E-state index in [1.165, 1.54) is 18.4 Å². The minimum Gasteiger partial charge on any atom is -0.423 e. The van der Waals surface area contributed by atoms with E-state index in [-0.39, 0.29) is 12.0 Å². The Bertz CT molecular complexity index is 939. The van der Waals surface area contributed by atoms with Gasteiger partial charge in [-0.15, -0.1) is 0 Å². The van der Waals surface area contributed by atoms with Gasteiger partial charge in [-0.3, -0.25) is 4.79 Å². The van der Waals surface area contributed by atoms with E-state index in [0.717, 1.165) is 22.1 Å². The van der Waals surface area contributed by atoms with Gasteiger partial charge in [0.1, 0.15) is 5.58 Å². The summed E-state index contributed by atoms with van der Waals surface area (Å²) in [6.45, 7) is 2.06. The van der Waals surface area contributed by atoms with Gasteiger partial charge in [-0.2, -0.15) is 0 Å². The minimum atomic E-state index is -0.284. The van der Waals surface area contributed by atoms with Crippen molar-refractivity contribution in [1.82, 2.24) is 0 Å². The highest BCUT2D eigenvalue weighted by molar-refractivity contribution is 5.94. The lowest BCUT2D eigenvalue weighted by atomic mass is 9.97. The maximum Gasteiger partial charge on any atom is 0.336 e. The Balaban J connectivity index is 0.000000526. The number of benzene rings is 2. The number of fused-ring (bicyclic) bond motifs is 1. The molecule has 0 saturated heterocycles. The molecule has 0 bridgehead atoms. The molecule has 122 valence electrons. The lowest BCUT2D eigenvalue weighted by molar-refractivity contribution is -0.106. The number of hydrogen-bond donors (Lipinski definition) is 1. The summed E-state index contributed by atoms with van der Waals surface area (Å²) in [5.41, 5.74) is 9.08. The molecule has 0 aliphatic heterocycles. The van der Waals surface area contributed by atoms with Crippen molar-refractivity contribution in [3.63, 3.8) is 0 Å². The van der Waals surface area contributed by atoms with Crippen molar-refractivity contribution in [2.45, 2.75) is 25.7 Å². The summed E-state index contributed by atoms with van der Waals surface area (Å²) in [6.07, 6.45) is 2.74. The molecule has 1 heterocycles. The average molecular weight is 321 g/mol. The van der Waals surface area contributed by atoms with Crippen LogP contribution >= 0.6 is 0 Å². The first-order chi connectivity index (χ1) is 11.6. The van der Waals surface area contributed by atoms with Crippen LogP contribution in [0.15, 0.2) is 57.7 Å². The first-order valence-electron chi connectivity index (χ1n) is 7.93. The molecule has 3 aromatic rings. The van der Waals surface area contributed by atoms with Gasteiger partial charge in [0.15, 0.2) is 0 Å². The van der Waals surface area contributed by atoms with E-state index in [0.29, 0.717) is 11.5 Å². The molecule has 4 heteroatoms. The zero-order valence-corrected chi connectivity index (χ0v) is 13.5. The van der Waals surface area contributed by atoms with Gasteiger partial charge in [0.2, 0.25) is 6.41 Å². The molecular formula is C20H19NO3. The maximum atomic E-state index is 11.9. The summed E-state index contributed by atoms with van der Waals surface area (Å²) in [4.78, 5) is 20.5. The highest BCUT2D eigenvalue weighted by Gasteiger charge is 2.24. The Labute approximate surface area is 139 Å². The van der Waals surface area contributed by atoms with Crippen LogP contribution in [0.3, 0.4) is 0 Å². The van der Waals surface area contributed by atoms with Gasteiger partial charge in [0.05, 0.1) is 0 Å². The molecule has 0 unspecified atom stereocenters. The minimum absolute atomic E-state index is 0.250. The van der Waals surface area contributed by atoms with Crippen molar-refractivity contribution >= 4 is 17.4 Å². The summed E-state index contributed by atoms with van der Waals surface area (Å²) >= 11 is 0. The zero-order chi connectivity index (χ0) is 17.1. The Morgan fingerprint density at radius 1 is 1.08 bits per heavy atom. The molecule has 0 spiro atoms. The van der Waals surface area contributed by atoms with Crippen LogP contribution in [0.1, 0.15) is 29.9 Å². The fourth-order valence-corrected chi connectivity index (χ4v) is 2.95. The lowest BCUT2D eigenvalue weighted by Crippen LogP contribution is -1.99. The third-order valence-electron chi connectivity index (χ3n) is 4.25. The van der Waals surface area contributed by atoms with Crippen LogP contribution in [0.5, 0.6) is 0 Å². The van der Waals surface area contributed by atoms with Crippen molar-refractivity contribution in [2.24, 2.45) is 5.73 Å². The molecule has 1 aromatic heterocycles. The molecule has 2 N–H and O–H groups in total. The highest BCUT2D eigenvalue weighted by Crippen LogP contribution is 2.41. The predicted octanol–water partition coefficient (Wildman–Crippen LogP) is 3.75. The van der Waals surface area contributed by atoms with E-state index >= 15 is 0 Å². The quantitative estimate of drug-likeness (QED) is 0.577. The molecule has 2 aromatic carbocycles. The van der Waals surface area contributed by atoms with E-state index in [1.54, 1.807) is 6.07 Å². The number of nitrogens with two attached hydrogens (primary N) is 1. The Morgan fingerprint density at radius 2 is 1.79 bits per heavy atom. The van der Waals surface area contributed by atoms with Gasteiger partial charge in [-0.05, 0) is 48.4 Å². The van der Waals surface area contributed by atoms with Crippen molar-refractivity contribution < 1.29 is 9.21 Å². The molecule has 1 aliphatic rings. The Kier molecular flexibility index (Phi) is 4.47. The Hall–Kier alpha value is -2.88. The standard InChI is InChI=1S/C19H16O2.CH3NO/c1-12-4-2-3-5-15(12)17-11-19(20)21-18-10-14(13-6-7-13)8-9-16(17)18;2-1-3/h2-5,8-11,13H,6-7H2,1H3;1H,(H2,2,3). The summed E-state index contributed by atoms with van der Waals surface area (Å²) in [6, 6.07) is 16.0. The third-order valence-corrected chi connectivity index (χ3v) is 4.25. The summed E-state index contributed by atoms with van der Waals surface area (Å²) < 4.78 is 5.43. The number of carbonyl (C=O) groups is 1. The van der Waals surface area contributed by atoms with Gasteiger partial charge < -0.3 is 10.2 Å². The van der Waals surface area contributed by atoms with Gasteiger partial charge in [-0.25, -0.2) is 4.79 Å². The first kappa shape index (κ1) is 16.0. The molecule has 4 nitrogen and oxygen atoms in total. The van der Waals surface area contributed by atoms with Crippen LogP contribution in [0.4, 0.5) is 0 Å². The number of carbonyl (C=O) groups excluding carboxylic acids is 1.